The highest BCUT2D eigenvalue weighted by atomic mass is 35.5. The van der Waals surface area contributed by atoms with Gasteiger partial charge in [0.25, 0.3) is 0 Å². The minimum absolute atomic E-state index is 0.0154. The topological polar surface area (TPSA) is 61.4 Å². The number of hydrogen-bond donors (Lipinski definition) is 2. The van der Waals surface area contributed by atoms with E-state index >= 15 is 0 Å². The van der Waals surface area contributed by atoms with E-state index in [-0.39, 0.29) is 35.9 Å². The first kappa shape index (κ1) is 16.7. The van der Waals surface area contributed by atoms with Gasteiger partial charge in [0, 0.05) is 24.0 Å². The van der Waals surface area contributed by atoms with Crippen molar-refractivity contribution in [3.8, 4) is 0 Å². The summed E-state index contributed by atoms with van der Waals surface area (Å²) in [5.74, 6) is 0.207. The van der Waals surface area contributed by atoms with Gasteiger partial charge in [-0.25, -0.2) is 0 Å². The Balaban J connectivity index is 1.62. The quantitative estimate of drug-likeness (QED) is 0.849. The van der Waals surface area contributed by atoms with Gasteiger partial charge < -0.3 is 15.5 Å². The number of amides is 2. The molecule has 2 aliphatic rings. The largest absolute Gasteiger partial charge is 0.342 e. The third kappa shape index (κ3) is 3.39. The first-order chi connectivity index (χ1) is 11.0. The molecule has 1 aromatic heterocycles. The van der Waals surface area contributed by atoms with E-state index in [0.717, 1.165) is 15.6 Å². The summed E-state index contributed by atoms with van der Waals surface area (Å²) in [6.45, 7) is 5.36. The van der Waals surface area contributed by atoms with E-state index < -0.39 is 0 Å². The Morgan fingerprint density at radius 3 is 2.91 bits per heavy atom. The molecule has 2 N–H and O–H groups in total. The number of carbonyl (C=O) groups is 2. The highest BCUT2D eigenvalue weighted by Crippen LogP contribution is 2.27. The summed E-state index contributed by atoms with van der Waals surface area (Å²) in [5.41, 5.74) is 0. The molecule has 5 nitrogen and oxygen atoms in total. The van der Waals surface area contributed by atoms with E-state index in [2.05, 4.69) is 10.6 Å². The molecule has 2 saturated heterocycles. The lowest BCUT2D eigenvalue weighted by molar-refractivity contribution is -0.148. The number of nitrogens with zero attached hydrogens (tertiary/aromatic N) is 1. The molecule has 3 heterocycles. The van der Waals surface area contributed by atoms with Gasteiger partial charge in [-0.1, -0.05) is 31.9 Å². The van der Waals surface area contributed by atoms with Crippen LogP contribution in [0.2, 0.25) is 4.34 Å². The van der Waals surface area contributed by atoms with Crippen molar-refractivity contribution in [1.82, 2.24) is 15.5 Å². The van der Waals surface area contributed by atoms with Crippen molar-refractivity contribution in [1.29, 1.82) is 0 Å². The van der Waals surface area contributed by atoms with Gasteiger partial charge >= 0.3 is 0 Å². The maximum Gasteiger partial charge on any atom is 0.246 e. The Morgan fingerprint density at radius 2 is 2.26 bits per heavy atom. The number of nitrogens with one attached hydrogen (secondary N) is 2. The molecule has 0 saturated carbocycles. The summed E-state index contributed by atoms with van der Waals surface area (Å²) >= 11 is 7.49. The molecular formula is C16H22ClN3O2S. The molecule has 1 aromatic rings. The minimum Gasteiger partial charge on any atom is -0.342 e. The molecule has 0 aliphatic carbocycles. The fraction of sp³-hybridized carbons (Fsp3) is 0.625. The van der Waals surface area contributed by atoms with Crippen LogP contribution in [0.1, 0.15) is 31.6 Å². The van der Waals surface area contributed by atoms with Gasteiger partial charge in [-0.2, -0.15) is 0 Å². The second-order valence-corrected chi connectivity index (χ2v) is 8.20. The smallest absolute Gasteiger partial charge is 0.246 e. The Labute approximate surface area is 145 Å². The lowest BCUT2D eigenvalue weighted by atomic mass is 9.95. The molecule has 7 heteroatoms. The number of rotatable bonds is 5. The zero-order valence-electron chi connectivity index (χ0n) is 13.3. The van der Waals surface area contributed by atoms with Crippen LogP contribution in [0, 0.1) is 5.92 Å². The standard InChI is InChI=1S/C16H22ClN3O2S/c1-3-9(2)14-16(22)20-8-10(6-12(20)15(21)19-14)18-7-11-4-5-13(17)23-11/h4-5,9-10,12,14,18H,3,6-8H2,1-2H3,(H,19,21)/t9-,10-,12-,14-/m0/s1. The Kier molecular flexibility index (Phi) is 4.94. The number of piperazine rings is 1. The van der Waals surface area contributed by atoms with Crippen LogP contribution in [0.3, 0.4) is 0 Å². The first-order valence-corrected chi connectivity index (χ1v) is 9.27. The molecule has 4 atom stereocenters. The molecule has 3 rings (SSSR count). The maximum absolute atomic E-state index is 12.6. The highest BCUT2D eigenvalue weighted by Gasteiger charge is 2.47. The average Bonchev–Trinajstić information content (AvgIpc) is 3.14. The van der Waals surface area contributed by atoms with Crippen LogP contribution in [0.4, 0.5) is 0 Å². The molecule has 0 unspecified atom stereocenters. The molecule has 0 radical (unpaired) electrons. The Morgan fingerprint density at radius 1 is 1.48 bits per heavy atom. The van der Waals surface area contributed by atoms with Gasteiger partial charge in [-0.05, 0) is 24.5 Å². The van der Waals surface area contributed by atoms with Crippen molar-refractivity contribution in [3.05, 3.63) is 21.3 Å². The second-order valence-electron chi connectivity index (χ2n) is 6.40. The van der Waals surface area contributed by atoms with Gasteiger partial charge in [0.15, 0.2) is 0 Å². The Hall–Kier alpha value is -1.11. The van der Waals surface area contributed by atoms with Crippen molar-refractivity contribution < 1.29 is 9.59 Å². The maximum atomic E-state index is 12.6. The van der Waals surface area contributed by atoms with Crippen molar-refractivity contribution in [2.45, 2.75) is 51.4 Å². The normalized spacial score (nSPS) is 28.7. The van der Waals surface area contributed by atoms with Crippen LogP contribution in [-0.4, -0.2) is 41.4 Å². The monoisotopic (exact) mass is 355 g/mol. The van der Waals surface area contributed by atoms with E-state index in [4.69, 9.17) is 11.6 Å². The van der Waals surface area contributed by atoms with Crippen LogP contribution in [0.15, 0.2) is 12.1 Å². The second kappa shape index (κ2) is 6.79. The molecule has 0 bridgehead atoms. The predicted molar refractivity (Wildman–Crippen MR) is 91.5 cm³/mol. The molecule has 2 amide bonds. The van der Waals surface area contributed by atoms with Crippen LogP contribution >= 0.6 is 22.9 Å². The lowest BCUT2D eigenvalue weighted by Gasteiger charge is -2.36. The highest BCUT2D eigenvalue weighted by molar-refractivity contribution is 7.16. The van der Waals surface area contributed by atoms with E-state index in [9.17, 15) is 9.59 Å². The molecule has 0 spiro atoms. The fourth-order valence-corrected chi connectivity index (χ4v) is 4.32. The third-order valence-corrected chi connectivity index (χ3v) is 6.09. The average molecular weight is 356 g/mol. The van der Waals surface area contributed by atoms with E-state index in [1.54, 1.807) is 16.2 Å². The van der Waals surface area contributed by atoms with Gasteiger partial charge in [-0.3, -0.25) is 9.59 Å². The lowest BCUT2D eigenvalue weighted by Crippen LogP contribution is -2.62. The zero-order valence-corrected chi connectivity index (χ0v) is 14.9. The van der Waals surface area contributed by atoms with Gasteiger partial charge in [0.2, 0.25) is 11.8 Å². The van der Waals surface area contributed by atoms with Crippen LogP contribution < -0.4 is 10.6 Å². The van der Waals surface area contributed by atoms with Gasteiger partial charge in [-0.15, -0.1) is 11.3 Å². The summed E-state index contributed by atoms with van der Waals surface area (Å²) in [6, 6.07) is 3.32. The minimum atomic E-state index is -0.376. The molecule has 2 fully saturated rings. The number of halogens is 1. The number of carbonyl (C=O) groups excluding carboxylic acids is 2. The number of fused-ring (bicyclic) bond motifs is 1. The number of thiophene rings is 1. The predicted octanol–water partition coefficient (Wildman–Crippen LogP) is 2.01. The SMILES string of the molecule is CC[C@H](C)[C@@H]1NC(=O)[C@@H]2C[C@H](NCc3ccc(Cl)s3)CN2C1=O. The van der Waals surface area contributed by atoms with Crippen molar-refractivity contribution in [2.24, 2.45) is 5.92 Å². The first-order valence-electron chi connectivity index (χ1n) is 8.08. The molecule has 23 heavy (non-hydrogen) atoms. The van der Waals surface area contributed by atoms with Gasteiger partial charge in [0.1, 0.15) is 12.1 Å². The summed E-state index contributed by atoms with van der Waals surface area (Å²) in [4.78, 5) is 27.9. The van der Waals surface area contributed by atoms with Crippen molar-refractivity contribution >= 4 is 34.8 Å². The number of hydrogen-bond acceptors (Lipinski definition) is 4. The van der Waals surface area contributed by atoms with Crippen molar-refractivity contribution in [3.63, 3.8) is 0 Å². The summed E-state index contributed by atoms with van der Waals surface area (Å²) < 4.78 is 0.775. The fourth-order valence-electron chi connectivity index (χ4n) is 3.28. The van der Waals surface area contributed by atoms with Gasteiger partial charge in [0.05, 0.1) is 4.34 Å². The van der Waals surface area contributed by atoms with Crippen LogP contribution in [0.5, 0.6) is 0 Å². The molecular weight excluding hydrogens is 334 g/mol. The zero-order chi connectivity index (χ0) is 16.6. The van der Waals surface area contributed by atoms with E-state index in [0.29, 0.717) is 19.5 Å². The molecule has 126 valence electrons. The van der Waals surface area contributed by atoms with E-state index in [1.165, 1.54) is 0 Å². The van der Waals surface area contributed by atoms with Crippen LogP contribution in [-0.2, 0) is 16.1 Å². The van der Waals surface area contributed by atoms with Crippen LogP contribution in [0.25, 0.3) is 0 Å². The van der Waals surface area contributed by atoms with E-state index in [1.807, 2.05) is 26.0 Å². The molecule has 0 aromatic carbocycles. The third-order valence-electron chi connectivity index (χ3n) is 4.86. The Bertz CT molecular complexity index is 606. The summed E-state index contributed by atoms with van der Waals surface area (Å²) in [7, 11) is 0. The summed E-state index contributed by atoms with van der Waals surface area (Å²) in [6.07, 6.45) is 1.54. The van der Waals surface area contributed by atoms with Crippen molar-refractivity contribution in [2.75, 3.05) is 6.54 Å². The molecule has 2 aliphatic heterocycles. The summed E-state index contributed by atoms with van der Waals surface area (Å²) in [5, 5.41) is 6.36.